The number of likely N-dealkylation sites (N-methyl/N-ethyl adjacent to an activating group) is 1. The van der Waals surface area contributed by atoms with Crippen LogP contribution in [0, 0.1) is 0 Å². The van der Waals surface area contributed by atoms with Gasteiger partial charge in [0.1, 0.15) is 0 Å². The number of anilines is 1. The lowest BCUT2D eigenvalue weighted by molar-refractivity contribution is -0.132. The number of nitrogens with zero attached hydrogens (tertiary/aromatic N) is 4. The first-order chi connectivity index (χ1) is 18.1. The van der Waals surface area contributed by atoms with E-state index < -0.39 is 11.6 Å². The Morgan fingerprint density at radius 3 is 1.76 bits per heavy atom. The van der Waals surface area contributed by atoms with Crippen molar-refractivity contribution in [3.8, 4) is 0 Å². The summed E-state index contributed by atoms with van der Waals surface area (Å²) < 4.78 is 0. The maximum absolute atomic E-state index is 14.0. The van der Waals surface area contributed by atoms with Gasteiger partial charge < -0.3 is 10.0 Å². The molecule has 2 heterocycles. The lowest BCUT2D eigenvalue weighted by atomic mass is 9.81. The standard InChI is InChI=1S/C30H34N4O3.ClH/c1-2-33-28(36)30(24-12-6-3-7-13-24,25-14-8-4-9-15-25)34(29(33)37)23-27(35)22-31-18-20-32(21-19-31)26-16-10-5-11-17-26;/h3-17,27,35H,2,18-23H2,1H3;1H. The molecule has 2 aliphatic heterocycles. The third-order valence-electron chi connectivity index (χ3n) is 7.48. The molecule has 7 nitrogen and oxygen atoms in total. The van der Waals surface area contributed by atoms with Gasteiger partial charge in [0, 0.05) is 45.0 Å². The number of benzene rings is 3. The molecule has 0 spiro atoms. The van der Waals surface area contributed by atoms with Crippen LogP contribution in [0.15, 0.2) is 91.0 Å². The molecule has 0 radical (unpaired) electrons. The maximum atomic E-state index is 14.0. The van der Waals surface area contributed by atoms with Crippen molar-refractivity contribution in [2.45, 2.75) is 18.6 Å². The van der Waals surface area contributed by atoms with E-state index in [-0.39, 0.29) is 37.4 Å². The Morgan fingerprint density at radius 1 is 0.763 bits per heavy atom. The van der Waals surface area contributed by atoms with Crippen LogP contribution in [0.5, 0.6) is 0 Å². The fraction of sp³-hybridized carbons (Fsp3) is 0.333. The molecule has 1 atom stereocenters. The number of halogens is 1. The molecule has 3 aromatic rings. The first kappa shape index (κ1) is 27.6. The van der Waals surface area contributed by atoms with Gasteiger partial charge in [-0.15, -0.1) is 12.4 Å². The molecule has 1 N–H and O–H groups in total. The van der Waals surface area contributed by atoms with Crippen molar-refractivity contribution in [3.63, 3.8) is 0 Å². The molecule has 2 aliphatic rings. The number of rotatable bonds is 8. The molecule has 0 aromatic heterocycles. The second-order valence-electron chi connectivity index (χ2n) is 9.66. The topological polar surface area (TPSA) is 67.3 Å². The van der Waals surface area contributed by atoms with Crippen molar-refractivity contribution < 1.29 is 14.7 Å². The van der Waals surface area contributed by atoms with Crippen LogP contribution in [-0.4, -0.2) is 83.7 Å². The minimum Gasteiger partial charge on any atom is -0.390 e. The van der Waals surface area contributed by atoms with Gasteiger partial charge in [0.15, 0.2) is 5.54 Å². The Morgan fingerprint density at radius 2 is 1.26 bits per heavy atom. The maximum Gasteiger partial charge on any atom is 0.328 e. The number of para-hydroxylation sites is 1. The lowest BCUT2D eigenvalue weighted by Gasteiger charge is -2.39. The highest BCUT2D eigenvalue weighted by Crippen LogP contribution is 2.43. The van der Waals surface area contributed by atoms with Crippen LogP contribution in [0.2, 0.25) is 0 Å². The fourth-order valence-corrected chi connectivity index (χ4v) is 5.66. The highest BCUT2D eigenvalue weighted by Gasteiger charge is 2.59. The number of imide groups is 1. The normalized spacial score (nSPS) is 18.4. The van der Waals surface area contributed by atoms with Gasteiger partial charge in [-0.1, -0.05) is 78.9 Å². The van der Waals surface area contributed by atoms with E-state index in [4.69, 9.17) is 0 Å². The van der Waals surface area contributed by atoms with Gasteiger partial charge in [-0.25, -0.2) is 4.79 Å². The Hall–Kier alpha value is -3.39. The Labute approximate surface area is 230 Å². The predicted octanol–water partition coefficient (Wildman–Crippen LogP) is 3.82. The molecule has 38 heavy (non-hydrogen) atoms. The predicted molar refractivity (Wildman–Crippen MR) is 152 cm³/mol. The third kappa shape index (κ3) is 5.01. The minimum absolute atomic E-state index is 0. The second kappa shape index (κ2) is 12.0. The molecule has 3 aromatic carbocycles. The van der Waals surface area contributed by atoms with Gasteiger partial charge in [-0.2, -0.15) is 0 Å². The van der Waals surface area contributed by atoms with Crippen LogP contribution in [-0.2, 0) is 10.3 Å². The van der Waals surface area contributed by atoms with Crippen molar-refractivity contribution in [1.29, 1.82) is 0 Å². The van der Waals surface area contributed by atoms with Crippen LogP contribution in [0.3, 0.4) is 0 Å². The van der Waals surface area contributed by atoms with E-state index in [1.807, 2.05) is 85.8 Å². The quantitative estimate of drug-likeness (QED) is 0.445. The minimum atomic E-state index is -1.32. The molecule has 2 fully saturated rings. The molecule has 2 saturated heterocycles. The molecule has 200 valence electrons. The number of urea groups is 1. The number of aliphatic hydroxyl groups excluding tert-OH is 1. The summed E-state index contributed by atoms with van der Waals surface area (Å²) in [6.07, 6.45) is -0.802. The van der Waals surface area contributed by atoms with Gasteiger partial charge >= 0.3 is 6.03 Å². The molecule has 0 aliphatic carbocycles. The molecular weight excluding hydrogens is 500 g/mol. The van der Waals surface area contributed by atoms with E-state index in [9.17, 15) is 14.7 Å². The average molecular weight is 535 g/mol. The number of carbonyl (C=O) groups is 2. The van der Waals surface area contributed by atoms with E-state index in [1.54, 1.807) is 4.90 Å². The van der Waals surface area contributed by atoms with Crippen molar-refractivity contribution in [2.24, 2.45) is 0 Å². The number of amides is 3. The van der Waals surface area contributed by atoms with Gasteiger partial charge in [0.25, 0.3) is 5.91 Å². The Kier molecular flexibility index (Phi) is 8.72. The van der Waals surface area contributed by atoms with Crippen LogP contribution < -0.4 is 4.90 Å². The molecule has 5 rings (SSSR count). The van der Waals surface area contributed by atoms with E-state index >= 15 is 0 Å². The van der Waals surface area contributed by atoms with Gasteiger partial charge in [0.05, 0.1) is 12.6 Å². The summed E-state index contributed by atoms with van der Waals surface area (Å²) in [6.45, 7) is 5.97. The highest BCUT2D eigenvalue weighted by molar-refractivity contribution is 6.09. The highest BCUT2D eigenvalue weighted by atomic mass is 35.5. The zero-order valence-corrected chi connectivity index (χ0v) is 22.5. The molecule has 8 heteroatoms. The first-order valence-corrected chi connectivity index (χ1v) is 13.0. The largest absolute Gasteiger partial charge is 0.390 e. The number of hydrogen-bond donors (Lipinski definition) is 1. The summed E-state index contributed by atoms with van der Waals surface area (Å²) in [7, 11) is 0. The number of piperazine rings is 1. The third-order valence-corrected chi connectivity index (χ3v) is 7.48. The summed E-state index contributed by atoms with van der Waals surface area (Å²) in [4.78, 5) is 35.1. The SMILES string of the molecule is CCN1C(=O)N(CC(O)CN2CCN(c3ccccc3)CC2)C(c2ccccc2)(c2ccccc2)C1=O.Cl. The second-order valence-corrected chi connectivity index (χ2v) is 9.66. The zero-order chi connectivity index (χ0) is 25.8. The van der Waals surface area contributed by atoms with E-state index in [1.165, 1.54) is 10.6 Å². The summed E-state index contributed by atoms with van der Waals surface area (Å²) in [5, 5.41) is 11.3. The van der Waals surface area contributed by atoms with Crippen molar-refractivity contribution in [3.05, 3.63) is 102 Å². The molecule has 3 amide bonds. The smallest absolute Gasteiger partial charge is 0.328 e. The van der Waals surface area contributed by atoms with Gasteiger partial charge in [0.2, 0.25) is 0 Å². The van der Waals surface area contributed by atoms with E-state index in [0.717, 1.165) is 37.3 Å². The van der Waals surface area contributed by atoms with Crippen LogP contribution in [0.4, 0.5) is 10.5 Å². The Balaban J connectivity index is 0.00000336. The lowest BCUT2D eigenvalue weighted by Crippen LogP contribution is -2.53. The van der Waals surface area contributed by atoms with Crippen molar-refractivity contribution in [1.82, 2.24) is 14.7 Å². The van der Waals surface area contributed by atoms with Crippen LogP contribution in [0.1, 0.15) is 18.1 Å². The van der Waals surface area contributed by atoms with E-state index in [2.05, 4.69) is 21.9 Å². The first-order valence-electron chi connectivity index (χ1n) is 13.0. The van der Waals surface area contributed by atoms with E-state index in [0.29, 0.717) is 6.54 Å². The summed E-state index contributed by atoms with van der Waals surface area (Å²) >= 11 is 0. The number of aliphatic hydroxyl groups is 1. The van der Waals surface area contributed by atoms with Crippen molar-refractivity contribution >= 4 is 30.0 Å². The molecule has 0 saturated carbocycles. The summed E-state index contributed by atoms with van der Waals surface area (Å²) in [6, 6.07) is 28.9. The molecular formula is C30H35ClN4O3. The van der Waals surface area contributed by atoms with Crippen molar-refractivity contribution in [2.75, 3.05) is 50.7 Å². The number of carbonyl (C=O) groups excluding carboxylic acids is 2. The monoisotopic (exact) mass is 534 g/mol. The number of hydrogen-bond acceptors (Lipinski definition) is 5. The van der Waals surface area contributed by atoms with Gasteiger partial charge in [-0.3, -0.25) is 19.5 Å². The molecule has 1 unspecified atom stereocenters. The summed E-state index contributed by atoms with van der Waals surface area (Å²) in [5.74, 6) is -0.277. The average Bonchev–Trinajstić information content (AvgIpc) is 3.16. The fourth-order valence-electron chi connectivity index (χ4n) is 5.66. The van der Waals surface area contributed by atoms with Crippen LogP contribution in [0.25, 0.3) is 0 Å². The molecule has 0 bridgehead atoms. The van der Waals surface area contributed by atoms with Gasteiger partial charge in [-0.05, 0) is 30.2 Å². The zero-order valence-electron chi connectivity index (χ0n) is 21.6. The summed E-state index contributed by atoms with van der Waals surface area (Å²) in [5.41, 5.74) is 1.33. The number of β-amino-alcohol motifs (C(OH)–C–C–N with tert-alkyl or cyclic N) is 1. The Bertz CT molecular complexity index is 1160. The van der Waals surface area contributed by atoms with Crippen LogP contribution >= 0.6 is 12.4 Å².